The van der Waals surface area contributed by atoms with E-state index in [0.29, 0.717) is 5.75 Å². The number of carbonyl (C=O) groups is 1. The fraction of sp³-hybridized carbons (Fsp3) is 0.333. The van der Waals surface area contributed by atoms with E-state index in [2.05, 4.69) is 10.3 Å². The lowest BCUT2D eigenvalue weighted by molar-refractivity contribution is -0.113. The van der Waals surface area contributed by atoms with Gasteiger partial charge < -0.3 is 5.32 Å². The molecule has 3 nitrogen and oxygen atoms in total. The monoisotopic (exact) mass is 194 g/mol. The second kappa shape index (κ2) is 3.03. The Morgan fingerprint density at radius 3 is 3.08 bits per heavy atom. The largest absolute Gasteiger partial charge is 0.323 e. The SMILES string of the molecule is Cc1cc(C)c2c(n1)SCC(=O)N2. The predicted molar refractivity (Wildman–Crippen MR) is 53.1 cm³/mol. The third-order valence-corrected chi connectivity index (χ3v) is 2.89. The van der Waals surface area contributed by atoms with Crippen LogP contribution in [0.2, 0.25) is 0 Å². The van der Waals surface area contributed by atoms with E-state index in [-0.39, 0.29) is 5.91 Å². The molecule has 1 aromatic heterocycles. The van der Waals surface area contributed by atoms with Gasteiger partial charge in [-0.1, -0.05) is 11.8 Å². The summed E-state index contributed by atoms with van der Waals surface area (Å²) in [7, 11) is 0. The number of thioether (sulfide) groups is 1. The van der Waals surface area contributed by atoms with E-state index < -0.39 is 0 Å². The zero-order valence-electron chi connectivity index (χ0n) is 7.55. The van der Waals surface area contributed by atoms with Crippen molar-refractivity contribution in [2.75, 3.05) is 11.1 Å². The fourth-order valence-corrected chi connectivity index (χ4v) is 2.27. The zero-order chi connectivity index (χ0) is 9.42. The van der Waals surface area contributed by atoms with Crippen molar-refractivity contribution in [2.45, 2.75) is 18.9 Å². The molecular weight excluding hydrogens is 184 g/mol. The lowest BCUT2D eigenvalue weighted by atomic mass is 10.2. The van der Waals surface area contributed by atoms with Crippen LogP contribution >= 0.6 is 11.8 Å². The number of nitrogens with one attached hydrogen (secondary N) is 1. The van der Waals surface area contributed by atoms with Crippen molar-refractivity contribution in [2.24, 2.45) is 0 Å². The van der Waals surface area contributed by atoms with Crippen molar-refractivity contribution in [3.8, 4) is 0 Å². The van der Waals surface area contributed by atoms with Gasteiger partial charge in [0.2, 0.25) is 5.91 Å². The first-order valence-corrected chi connectivity index (χ1v) is 5.06. The molecule has 0 radical (unpaired) electrons. The molecule has 4 heteroatoms. The molecule has 1 aromatic rings. The van der Waals surface area contributed by atoms with Gasteiger partial charge >= 0.3 is 0 Å². The molecular formula is C9H10N2OS. The highest BCUT2D eigenvalue weighted by molar-refractivity contribution is 8.00. The van der Waals surface area contributed by atoms with E-state index in [1.807, 2.05) is 19.9 Å². The molecule has 2 heterocycles. The van der Waals surface area contributed by atoms with Gasteiger partial charge in [-0.05, 0) is 25.5 Å². The summed E-state index contributed by atoms with van der Waals surface area (Å²) in [5, 5.41) is 3.77. The number of hydrogen-bond donors (Lipinski definition) is 1. The van der Waals surface area contributed by atoms with Crippen LogP contribution in [0.4, 0.5) is 5.69 Å². The van der Waals surface area contributed by atoms with Crippen LogP contribution in [0.1, 0.15) is 11.3 Å². The van der Waals surface area contributed by atoms with Gasteiger partial charge in [0.05, 0.1) is 11.4 Å². The topological polar surface area (TPSA) is 42.0 Å². The number of amides is 1. The second-order valence-corrected chi connectivity index (χ2v) is 4.06. The Balaban J connectivity index is 2.53. The van der Waals surface area contributed by atoms with Gasteiger partial charge in [0.1, 0.15) is 5.03 Å². The van der Waals surface area contributed by atoms with Gasteiger partial charge in [-0.25, -0.2) is 4.98 Å². The van der Waals surface area contributed by atoms with Crippen LogP contribution in [0.25, 0.3) is 0 Å². The number of fused-ring (bicyclic) bond motifs is 1. The maximum Gasteiger partial charge on any atom is 0.234 e. The Morgan fingerprint density at radius 1 is 1.54 bits per heavy atom. The summed E-state index contributed by atoms with van der Waals surface area (Å²) in [6.07, 6.45) is 0. The van der Waals surface area contributed by atoms with Crippen LogP contribution in [0, 0.1) is 13.8 Å². The first-order valence-electron chi connectivity index (χ1n) is 4.08. The molecule has 68 valence electrons. The van der Waals surface area contributed by atoms with E-state index in [4.69, 9.17) is 0 Å². The van der Waals surface area contributed by atoms with Gasteiger partial charge in [-0.2, -0.15) is 0 Å². The van der Waals surface area contributed by atoms with E-state index in [9.17, 15) is 4.79 Å². The molecule has 0 bridgehead atoms. The minimum absolute atomic E-state index is 0.0613. The number of aromatic nitrogens is 1. The standard InChI is InChI=1S/C9H10N2OS/c1-5-3-6(2)10-9-8(5)11-7(12)4-13-9/h3H,4H2,1-2H3,(H,11,12). The highest BCUT2D eigenvalue weighted by Crippen LogP contribution is 2.32. The van der Waals surface area contributed by atoms with Crippen LogP contribution in [0.3, 0.4) is 0 Å². The number of rotatable bonds is 0. The van der Waals surface area contributed by atoms with Crippen LogP contribution in [-0.2, 0) is 4.79 Å². The average molecular weight is 194 g/mol. The summed E-state index contributed by atoms with van der Waals surface area (Å²) in [5.41, 5.74) is 2.97. The van der Waals surface area contributed by atoms with Gasteiger partial charge in [-0.15, -0.1) is 0 Å². The zero-order valence-corrected chi connectivity index (χ0v) is 8.36. The van der Waals surface area contributed by atoms with Gasteiger partial charge in [0.15, 0.2) is 0 Å². The Bertz CT molecular complexity index is 376. The van der Waals surface area contributed by atoms with E-state index >= 15 is 0 Å². The van der Waals surface area contributed by atoms with Crippen LogP contribution < -0.4 is 5.32 Å². The maximum atomic E-state index is 11.1. The number of carbonyl (C=O) groups excluding carboxylic acids is 1. The van der Waals surface area contributed by atoms with Crippen molar-refractivity contribution < 1.29 is 4.79 Å². The van der Waals surface area contributed by atoms with Crippen LogP contribution in [0.15, 0.2) is 11.1 Å². The molecule has 1 N–H and O–H groups in total. The second-order valence-electron chi connectivity index (χ2n) is 3.10. The molecule has 0 aromatic carbocycles. The van der Waals surface area contributed by atoms with Crippen molar-refractivity contribution in [3.05, 3.63) is 17.3 Å². The summed E-state index contributed by atoms with van der Waals surface area (Å²) in [6.45, 7) is 3.95. The quantitative estimate of drug-likeness (QED) is 0.684. The first-order chi connectivity index (χ1) is 6.16. The third-order valence-electron chi connectivity index (χ3n) is 1.92. The Kier molecular flexibility index (Phi) is 2.00. The van der Waals surface area contributed by atoms with Crippen LogP contribution in [0.5, 0.6) is 0 Å². The van der Waals surface area contributed by atoms with Gasteiger partial charge in [0.25, 0.3) is 0 Å². The molecule has 0 atom stereocenters. The Hall–Kier alpha value is -1.03. The van der Waals surface area contributed by atoms with Crippen molar-refractivity contribution in [1.82, 2.24) is 4.98 Å². The van der Waals surface area contributed by atoms with E-state index in [1.165, 1.54) is 11.8 Å². The summed E-state index contributed by atoms with van der Waals surface area (Å²) in [6, 6.07) is 1.98. The fourth-order valence-electron chi connectivity index (χ4n) is 1.37. The third kappa shape index (κ3) is 1.54. The summed E-state index contributed by atoms with van der Waals surface area (Å²) in [4.78, 5) is 15.5. The van der Waals surface area contributed by atoms with Gasteiger partial charge in [0, 0.05) is 5.69 Å². The molecule has 2 rings (SSSR count). The highest BCUT2D eigenvalue weighted by Gasteiger charge is 2.18. The maximum absolute atomic E-state index is 11.1. The molecule has 0 spiro atoms. The number of aryl methyl sites for hydroxylation is 2. The number of anilines is 1. The number of hydrogen-bond acceptors (Lipinski definition) is 3. The highest BCUT2D eigenvalue weighted by atomic mass is 32.2. The van der Waals surface area contributed by atoms with E-state index in [0.717, 1.165) is 22.0 Å². The lowest BCUT2D eigenvalue weighted by Gasteiger charge is -2.17. The van der Waals surface area contributed by atoms with E-state index in [1.54, 1.807) is 0 Å². The number of pyridine rings is 1. The van der Waals surface area contributed by atoms with Crippen molar-refractivity contribution >= 4 is 23.4 Å². The molecule has 0 aliphatic carbocycles. The summed E-state index contributed by atoms with van der Waals surface area (Å²) in [5.74, 6) is 0.536. The normalized spacial score (nSPS) is 15.1. The molecule has 0 fully saturated rings. The molecule has 1 aliphatic heterocycles. The molecule has 1 amide bonds. The average Bonchev–Trinajstić information content (AvgIpc) is 2.06. The van der Waals surface area contributed by atoms with Crippen molar-refractivity contribution in [1.29, 1.82) is 0 Å². The Labute approximate surface area is 80.9 Å². The molecule has 1 aliphatic rings. The summed E-state index contributed by atoms with van der Waals surface area (Å²) < 4.78 is 0. The molecule has 13 heavy (non-hydrogen) atoms. The first kappa shape index (κ1) is 8.56. The number of nitrogens with zero attached hydrogens (tertiary/aromatic N) is 1. The summed E-state index contributed by atoms with van der Waals surface area (Å²) >= 11 is 1.50. The molecule has 0 unspecified atom stereocenters. The molecule has 0 saturated heterocycles. The van der Waals surface area contributed by atoms with Crippen molar-refractivity contribution in [3.63, 3.8) is 0 Å². The van der Waals surface area contributed by atoms with Gasteiger partial charge in [-0.3, -0.25) is 4.79 Å². The minimum atomic E-state index is 0.0613. The van der Waals surface area contributed by atoms with Crippen LogP contribution in [-0.4, -0.2) is 16.6 Å². The predicted octanol–water partition coefficient (Wildman–Crippen LogP) is 1.74. The lowest BCUT2D eigenvalue weighted by Crippen LogP contribution is -2.20. The smallest absolute Gasteiger partial charge is 0.234 e. The Morgan fingerprint density at radius 2 is 2.31 bits per heavy atom. The minimum Gasteiger partial charge on any atom is -0.323 e. The molecule has 0 saturated carbocycles.